The van der Waals surface area contributed by atoms with E-state index in [1.807, 2.05) is 0 Å². The van der Waals surface area contributed by atoms with Crippen molar-refractivity contribution < 1.29 is 21.6 Å². The van der Waals surface area contributed by atoms with Crippen LogP contribution in [0.1, 0.15) is 12.0 Å². The molecule has 0 aliphatic rings. The van der Waals surface area contributed by atoms with Gasteiger partial charge in [-0.25, -0.2) is 22.0 Å². The van der Waals surface area contributed by atoms with Crippen molar-refractivity contribution in [2.24, 2.45) is 5.14 Å². The van der Waals surface area contributed by atoms with Gasteiger partial charge in [0.25, 0.3) is 0 Å². The number of nitrogens with one attached hydrogen (secondary N) is 1. The first-order valence-electron chi connectivity index (χ1n) is 5.78. The third-order valence-corrected chi connectivity index (χ3v) is 4.96. The smallest absolute Gasteiger partial charge is 0.238 e. The predicted octanol–water partition coefficient (Wildman–Crippen LogP) is 0.421. The van der Waals surface area contributed by atoms with Crippen LogP contribution in [-0.2, 0) is 24.8 Å². The lowest BCUT2D eigenvalue weighted by atomic mass is 10.2. The van der Waals surface area contributed by atoms with Gasteiger partial charge in [0.15, 0.2) is 0 Å². The van der Waals surface area contributed by atoms with Crippen molar-refractivity contribution in [1.29, 1.82) is 0 Å². The molecule has 1 aromatic rings. The van der Waals surface area contributed by atoms with Crippen LogP contribution in [0.25, 0.3) is 0 Å². The highest BCUT2D eigenvalue weighted by molar-refractivity contribution is 7.92. The number of anilines is 1. The summed E-state index contributed by atoms with van der Waals surface area (Å²) in [6, 6.07) is 4.18. The molecule has 0 radical (unpaired) electrons. The molecule has 0 fully saturated rings. The van der Waals surface area contributed by atoms with Crippen LogP contribution in [0, 0.1) is 6.92 Å². The summed E-state index contributed by atoms with van der Waals surface area (Å²) in [5.41, 5.74) is 0.617. The van der Waals surface area contributed by atoms with Gasteiger partial charge in [0, 0.05) is 19.4 Å². The Morgan fingerprint density at radius 2 is 1.90 bits per heavy atom. The van der Waals surface area contributed by atoms with Crippen LogP contribution in [0.3, 0.4) is 0 Å². The summed E-state index contributed by atoms with van der Waals surface area (Å²) in [4.78, 5) is -0.102. The van der Waals surface area contributed by atoms with Crippen molar-refractivity contribution in [2.45, 2.75) is 18.2 Å². The number of nitrogens with two attached hydrogens (primary N) is 1. The number of hydrogen-bond acceptors (Lipinski definition) is 5. The second-order valence-corrected chi connectivity index (χ2v) is 7.66. The molecule has 9 heteroatoms. The van der Waals surface area contributed by atoms with Gasteiger partial charge in [0.2, 0.25) is 20.0 Å². The third-order valence-electron chi connectivity index (χ3n) is 2.53. The first-order chi connectivity index (χ1) is 9.15. The number of sulfonamides is 2. The maximum absolute atomic E-state index is 11.8. The van der Waals surface area contributed by atoms with Crippen LogP contribution >= 0.6 is 0 Å². The molecule has 114 valence electrons. The highest BCUT2D eigenvalue weighted by Crippen LogP contribution is 2.20. The lowest BCUT2D eigenvalue weighted by Gasteiger charge is -2.10. The molecule has 0 spiro atoms. The van der Waals surface area contributed by atoms with Gasteiger partial charge in [-0.15, -0.1) is 0 Å². The maximum atomic E-state index is 11.8. The molecule has 1 rings (SSSR count). The Bertz CT molecular complexity index is 668. The summed E-state index contributed by atoms with van der Waals surface area (Å²) in [6.07, 6.45) is 0.347. The fourth-order valence-corrected chi connectivity index (χ4v) is 3.49. The molecule has 0 unspecified atom stereocenters. The number of aryl methyl sites for hydroxylation is 1. The van der Waals surface area contributed by atoms with Crippen LogP contribution in [0.2, 0.25) is 0 Å². The number of primary sulfonamides is 1. The molecule has 0 heterocycles. The Morgan fingerprint density at radius 1 is 1.25 bits per heavy atom. The Kier molecular flexibility index (Phi) is 5.51. The zero-order valence-corrected chi connectivity index (χ0v) is 12.9. The number of ether oxygens (including phenoxy) is 1. The van der Waals surface area contributed by atoms with Crippen LogP contribution in [0.15, 0.2) is 23.1 Å². The monoisotopic (exact) mass is 322 g/mol. The molecule has 0 saturated carbocycles. The highest BCUT2D eigenvalue weighted by atomic mass is 32.2. The molecule has 0 amide bonds. The standard InChI is InChI=1S/C11H18N2O5S2/c1-9-4-5-10(8-11(9)20(12,16)17)13-19(14,15)7-3-6-18-2/h4-5,8,13H,3,6-7H2,1-2H3,(H2,12,16,17). The summed E-state index contributed by atoms with van der Waals surface area (Å²) >= 11 is 0. The first-order valence-corrected chi connectivity index (χ1v) is 8.98. The van der Waals surface area contributed by atoms with Crippen LogP contribution < -0.4 is 9.86 Å². The summed E-state index contributed by atoms with van der Waals surface area (Å²) in [5.74, 6) is -0.112. The normalized spacial score (nSPS) is 12.3. The quantitative estimate of drug-likeness (QED) is 0.706. The second-order valence-electron chi connectivity index (χ2n) is 4.29. The number of benzene rings is 1. The number of hydrogen-bond donors (Lipinski definition) is 2. The van der Waals surface area contributed by atoms with Gasteiger partial charge >= 0.3 is 0 Å². The molecule has 1 aromatic carbocycles. The first kappa shape index (κ1) is 16.9. The van der Waals surface area contributed by atoms with Crippen molar-refractivity contribution >= 4 is 25.7 Å². The average molecular weight is 322 g/mol. The fourth-order valence-electron chi connectivity index (χ4n) is 1.59. The lowest BCUT2D eigenvalue weighted by Crippen LogP contribution is -2.19. The van der Waals surface area contributed by atoms with Crippen molar-refractivity contribution in [3.8, 4) is 0 Å². The fraction of sp³-hybridized carbons (Fsp3) is 0.455. The molecule has 7 nitrogen and oxygen atoms in total. The Balaban J connectivity index is 2.94. The Labute approximate surface area is 119 Å². The SMILES string of the molecule is COCCCS(=O)(=O)Nc1ccc(C)c(S(N)(=O)=O)c1. The molecule has 0 bridgehead atoms. The van der Waals surface area contributed by atoms with Gasteiger partial charge in [0.05, 0.1) is 10.6 Å². The minimum Gasteiger partial charge on any atom is -0.385 e. The minimum absolute atomic E-state index is 0.102. The van der Waals surface area contributed by atoms with Crippen molar-refractivity contribution in [3.05, 3.63) is 23.8 Å². The van der Waals surface area contributed by atoms with E-state index in [2.05, 4.69) is 4.72 Å². The van der Waals surface area contributed by atoms with Crippen molar-refractivity contribution in [3.63, 3.8) is 0 Å². The predicted molar refractivity (Wildman–Crippen MR) is 76.5 cm³/mol. The summed E-state index contributed by atoms with van der Waals surface area (Å²) in [6.45, 7) is 1.91. The zero-order chi connectivity index (χ0) is 15.4. The van der Waals surface area contributed by atoms with E-state index < -0.39 is 20.0 Å². The van der Waals surface area contributed by atoms with Gasteiger partial charge in [-0.1, -0.05) is 6.07 Å². The molecule has 0 aliphatic heterocycles. The van der Waals surface area contributed by atoms with E-state index in [0.717, 1.165) is 0 Å². The van der Waals surface area contributed by atoms with E-state index in [4.69, 9.17) is 9.88 Å². The minimum atomic E-state index is -3.89. The van der Waals surface area contributed by atoms with Gasteiger partial charge in [-0.05, 0) is 31.0 Å². The van der Waals surface area contributed by atoms with Gasteiger partial charge < -0.3 is 4.74 Å². The topological polar surface area (TPSA) is 116 Å². The van der Waals surface area contributed by atoms with E-state index in [1.165, 1.54) is 25.3 Å². The number of methoxy groups -OCH3 is 1. The molecule has 20 heavy (non-hydrogen) atoms. The number of rotatable bonds is 7. The van der Waals surface area contributed by atoms with E-state index >= 15 is 0 Å². The molecule has 0 aliphatic carbocycles. The summed E-state index contributed by atoms with van der Waals surface area (Å²) < 4.78 is 53.4. The summed E-state index contributed by atoms with van der Waals surface area (Å²) in [5, 5.41) is 5.07. The maximum Gasteiger partial charge on any atom is 0.238 e. The van der Waals surface area contributed by atoms with Crippen LogP contribution in [0.4, 0.5) is 5.69 Å². The van der Waals surface area contributed by atoms with Crippen molar-refractivity contribution in [1.82, 2.24) is 0 Å². The van der Waals surface area contributed by atoms with Gasteiger partial charge in [0.1, 0.15) is 0 Å². The van der Waals surface area contributed by atoms with E-state index in [1.54, 1.807) is 6.92 Å². The van der Waals surface area contributed by atoms with Crippen LogP contribution in [0.5, 0.6) is 0 Å². The Morgan fingerprint density at radius 3 is 2.45 bits per heavy atom. The molecule has 0 saturated heterocycles. The Hall–Kier alpha value is -1.16. The third kappa shape index (κ3) is 5.08. The summed E-state index contributed by atoms with van der Waals surface area (Å²) in [7, 11) is -5.95. The average Bonchev–Trinajstić information content (AvgIpc) is 2.30. The molecular weight excluding hydrogens is 304 g/mol. The molecule has 3 N–H and O–H groups in total. The molecular formula is C11H18N2O5S2. The molecule has 0 aromatic heterocycles. The van der Waals surface area contributed by atoms with Gasteiger partial charge in [-0.2, -0.15) is 0 Å². The van der Waals surface area contributed by atoms with E-state index in [9.17, 15) is 16.8 Å². The molecule has 0 atom stereocenters. The zero-order valence-electron chi connectivity index (χ0n) is 11.3. The van der Waals surface area contributed by atoms with E-state index in [0.29, 0.717) is 18.6 Å². The lowest BCUT2D eigenvalue weighted by molar-refractivity contribution is 0.199. The highest BCUT2D eigenvalue weighted by Gasteiger charge is 2.15. The van der Waals surface area contributed by atoms with Crippen molar-refractivity contribution in [2.75, 3.05) is 24.2 Å². The van der Waals surface area contributed by atoms with E-state index in [-0.39, 0.29) is 16.3 Å². The van der Waals surface area contributed by atoms with Crippen LogP contribution in [-0.4, -0.2) is 36.3 Å². The second kappa shape index (κ2) is 6.53. The largest absolute Gasteiger partial charge is 0.385 e. The van der Waals surface area contributed by atoms with Gasteiger partial charge in [-0.3, -0.25) is 4.72 Å².